The highest BCUT2D eigenvalue weighted by atomic mass is 35.5. The number of alkyl halides is 3. The lowest BCUT2D eigenvalue weighted by atomic mass is 10.0. The molecular formula is C13H18ClF3N2O. The van der Waals surface area contributed by atoms with Crippen LogP contribution in [0.25, 0.3) is 0 Å². The van der Waals surface area contributed by atoms with E-state index in [1.54, 1.807) is 19.9 Å². The summed E-state index contributed by atoms with van der Waals surface area (Å²) in [4.78, 5) is 13.1. The van der Waals surface area contributed by atoms with Crippen molar-refractivity contribution in [1.29, 1.82) is 0 Å². The highest BCUT2D eigenvalue weighted by Gasteiger charge is 2.31. The van der Waals surface area contributed by atoms with Gasteiger partial charge in [0.2, 0.25) is 5.91 Å². The summed E-state index contributed by atoms with van der Waals surface area (Å²) in [7, 11) is 0. The molecule has 1 amide bonds. The number of benzene rings is 1. The zero-order valence-corrected chi connectivity index (χ0v) is 12.1. The molecule has 0 fully saturated rings. The molecule has 0 aromatic heterocycles. The molecule has 0 saturated heterocycles. The number of halogens is 4. The van der Waals surface area contributed by atoms with Crippen LogP contribution in [0.2, 0.25) is 0 Å². The smallest absolute Gasteiger partial charge is 0.335 e. The van der Waals surface area contributed by atoms with Gasteiger partial charge in [-0.25, -0.2) is 0 Å². The van der Waals surface area contributed by atoms with Crippen molar-refractivity contribution in [2.45, 2.75) is 26.1 Å². The zero-order valence-electron chi connectivity index (χ0n) is 11.3. The van der Waals surface area contributed by atoms with Gasteiger partial charge in [-0.3, -0.25) is 4.79 Å². The lowest BCUT2D eigenvalue weighted by Gasteiger charge is -2.28. The molecular weight excluding hydrogens is 293 g/mol. The largest absolute Gasteiger partial charge is 0.416 e. The van der Waals surface area contributed by atoms with Crippen LogP contribution in [0.15, 0.2) is 24.3 Å². The first-order chi connectivity index (χ1) is 8.81. The predicted octanol–water partition coefficient (Wildman–Crippen LogP) is 3.00. The molecule has 1 aromatic carbocycles. The molecule has 0 heterocycles. The minimum absolute atomic E-state index is 0. The Balaban J connectivity index is 0.00000361. The summed E-state index contributed by atoms with van der Waals surface area (Å²) in [5.74, 6) is -0.285. The molecule has 20 heavy (non-hydrogen) atoms. The Bertz CT molecular complexity index is 451. The summed E-state index contributed by atoms with van der Waals surface area (Å²) in [6.45, 7) is 3.69. The zero-order chi connectivity index (χ0) is 14.6. The molecule has 0 aliphatic rings. The molecule has 0 saturated carbocycles. The number of hydrogen-bond donors (Lipinski definition) is 1. The molecule has 0 bridgehead atoms. The fourth-order valence-electron chi connectivity index (χ4n) is 1.94. The van der Waals surface area contributed by atoms with Crippen molar-refractivity contribution in [3.63, 3.8) is 0 Å². The van der Waals surface area contributed by atoms with Crippen LogP contribution in [0.1, 0.15) is 31.0 Å². The third-order valence-corrected chi connectivity index (χ3v) is 3.00. The van der Waals surface area contributed by atoms with Crippen molar-refractivity contribution in [2.24, 2.45) is 5.73 Å². The molecule has 0 aliphatic heterocycles. The quantitative estimate of drug-likeness (QED) is 0.929. The van der Waals surface area contributed by atoms with Crippen LogP contribution in [0, 0.1) is 0 Å². The predicted molar refractivity (Wildman–Crippen MR) is 73.5 cm³/mol. The number of amides is 1. The Morgan fingerprint density at radius 2 is 2.00 bits per heavy atom. The van der Waals surface area contributed by atoms with E-state index in [2.05, 4.69) is 0 Å². The number of carbonyl (C=O) groups excluding carboxylic acids is 1. The third kappa shape index (κ3) is 4.38. The summed E-state index contributed by atoms with van der Waals surface area (Å²) in [6, 6.07) is 4.55. The van der Waals surface area contributed by atoms with Gasteiger partial charge in [-0.15, -0.1) is 12.4 Å². The maximum Gasteiger partial charge on any atom is 0.416 e. The second-order valence-corrected chi connectivity index (χ2v) is 4.18. The van der Waals surface area contributed by atoms with E-state index in [9.17, 15) is 18.0 Å². The SMILES string of the molecule is CCN(C(=O)CN)C(C)c1cccc(C(F)(F)F)c1.Cl. The van der Waals surface area contributed by atoms with Gasteiger partial charge in [0.15, 0.2) is 0 Å². The topological polar surface area (TPSA) is 46.3 Å². The van der Waals surface area contributed by atoms with Crippen LogP contribution < -0.4 is 5.73 Å². The van der Waals surface area contributed by atoms with Gasteiger partial charge in [0, 0.05) is 6.54 Å². The van der Waals surface area contributed by atoms with Gasteiger partial charge in [0.05, 0.1) is 18.2 Å². The second kappa shape index (κ2) is 7.50. The average molecular weight is 311 g/mol. The van der Waals surface area contributed by atoms with Gasteiger partial charge in [-0.2, -0.15) is 13.2 Å². The maximum absolute atomic E-state index is 12.6. The number of carbonyl (C=O) groups is 1. The van der Waals surface area contributed by atoms with E-state index in [-0.39, 0.29) is 24.9 Å². The fraction of sp³-hybridized carbons (Fsp3) is 0.462. The van der Waals surface area contributed by atoms with E-state index in [0.717, 1.165) is 12.1 Å². The summed E-state index contributed by atoms with van der Waals surface area (Å²) < 4.78 is 37.9. The maximum atomic E-state index is 12.6. The van der Waals surface area contributed by atoms with Crippen LogP contribution in [-0.4, -0.2) is 23.9 Å². The van der Waals surface area contributed by atoms with Gasteiger partial charge in [0.25, 0.3) is 0 Å². The first-order valence-electron chi connectivity index (χ1n) is 5.98. The molecule has 0 spiro atoms. The van der Waals surface area contributed by atoms with Crippen molar-refractivity contribution in [2.75, 3.05) is 13.1 Å². The second-order valence-electron chi connectivity index (χ2n) is 4.18. The molecule has 1 aromatic rings. The average Bonchev–Trinajstić information content (AvgIpc) is 2.38. The Morgan fingerprint density at radius 1 is 1.40 bits per heavy atom. The van der Waals surface area contributed by atoms with Gasteiger partial charge in [-0.1, -0.05) is 12.1 Å². The summed E-state index contributed by atoms with van der Waals surface area (Å²) in [5, 5.41) is 0. The van der Waals surface area contributed by atoms with E-state index in [1.165, 1.54) is 11.0 Å². The molecule has 7 heteroatoms. The van der Waals surface area contributed by atoms with Crippen molar-refractivity contribution < 1.29 is 18.0 Å². The van der Waals surface area contributed by atoms with Crippen molar-refractivity contribution in [1.82, 2.24) is 4.90 Å². The third-order valence-electron chi connectivity index (χ3n) is 3.00. The van der Waals surface area contributed by atoms with Gasteiger partial charge in [-0.05, 0) is 31.5 Å². The van der Waals surface area contributed by atoms with E-state index in [4.69, 9.17) is 5.73 Å². The number of rotatable bonds is 4. The molecule has 0 aliphatic carbocycles. The number of nitrogens with two attached hydrogens (primary N) is 1. The lowest BCUT2D eigenvalue weighted by Crippen LogP contribution is -2.37. The van der Waals surface area contributed by atoms with Gasteiger partial charge >= 0.3 is 6.18 Å². The monoisotopic (exact) mass is 310 g/mol. The van der Waals surface area contributed by atoms with Crippen molar-refractivity contribution in [3.8, 4) is 0 Å². The summed E-state index contributed by atoms with van der Waals surface area (Å²) >= 11 is 0. The van der Waals surface area contributed by atoms with E-state index in [1.807, 2.05) is 0 Å². The highest BCUT2D eigenvalue weighted by molar-refractivity contribution is 5.85. The summed E-state index contributed by atoms with van der Waals surface area (Å²) in [5.41, 5.74) is 5.02. The van der Waals surface area contributed by atoms with Crippen molar-refractivity contribution >= 4 is 18.3 Å². The standard InChI is InChI=1S/C13H17F3N2O.ClH/c1-3-18(12(19)8-17)9(2)10-5-4-6-11(7-10)13(14,15)16;/h4-7,9H,3,8,17H2,1-2H3;1H. The minimum Gasteiger partial charge on any atom is -0.335 e. The number of likely N-dealkylation sites (N-methyl/N-ethyl adjacent to an activating group) is 1. The van der Waals surface area contributed by atoms with Crippen LogP contribution in [0.3, 0.4) is 0 Å². The molecule has 2 N–H and O–H groups in total. The molecule has 114 valence electrons. The summed E-state index contributed by atoms with van der Waals surface area (Å²) in [6.07, 6.45) is -4.38. The highest BCUT2D eigenvalue weighted by Crippen LogP contribution is 2.31. The molecule has 3 nitrogen and oxygen atoms in total. The van der Waals surface area contributed by atoms with E-state index in [0.29, 0.717) is 12.1 Å². The van der Waals surface area contributed by atoms with Crippen molar-refractivity contribution in [3.05, 3.63) is 35.4 Å². The van der Waals surface area contributed by atoms with Crippen LogP contribution in [-0.2, 0) is 11.0 Å². The first-order valence-corrected chi connectivity index (χ1v) is 5.98. The Kier molecular flexibility index (Phi) is 7.02. The molecule has 0 radical (unpaired) electrons. The Hall–Kier alpha value is -1.27. The van der Waals surface area contributed by atoms with Gasteiger partial charge in [0.1, 0.15) is 0 Å². The number of hydrogen-bond acceptors (Lipinski definition) is 2. The lowest BCUT2D eigenvalue weighted by molar-refractivity contribution is -0.137. The fourth-order valence-corrected chi connectivity index (χ4v) is 1.94. The molecule has 1 atom stereocenters. The minimum atomic E-state index is -4.38. The normalized spacial score (nSPS) is 12.5. The Morgan fingerprint density at radius 3 is 2.45 bits per heavy atom. The molecule has 1 unspecified atom stereocenters. The Labute approximate surface area is 122 Å². The van der Waals surface area contributed by atoms with Crippen LogP contribution >= 0.6 is 12.4 Å². The van der Waals surface area contributed by atoms with E-state index >= 15 is 0 Å². The van der Waals surface area contributed by atoms with Crippen LogP contribution in [0.4, 0.5) is 13.2 Å². The molecule has 1 rings (SSSR count). The van der Waals surface area contributed by atoms with Crippen LogP contribution in [0.5, 0.6) is 0 Å². The van der Waals surface area contributed by atoms with Gasteiger partial charge < -0.3 is 10.6 Å². The van der Waals surface area contributed by atoms with E-state index < -0.39 is 17.8 Å². The number of nitrogens with zero attached hydrogens (tertiary/aromatic N) is 1. The first kappa shape index (κ1) is 18.7.